The first-order chi connectivity index (χ1) is 4.14. The fourth-order valence-electron chi connectivity index (χ4n) is 0.657. The van der Waals surface area contributed by atoms with Gasteiger partial charge in [-0.1, -0.05) is 0 Å². The van der Waals surface area contributed by atoms with E-state index in [1.165, 1.54) is 7.05 Å². The molecule has 3 nitrogen and oxygen atoms in total. The largest absolute Gasteiger partial charge is 0.227 e. The van der Waals surface area contributed by atoms with Gasteiger partial charge in [-0.25, -0.2) is 8.42 Å². The van der Waals surface area contributed by atoms with Crippen LogP contribution in [0, 0.1) is 5.92 Å². The first kappa shape index (κ1) is 7.02. The Morgan fingerprint density at radius 2 is 2.11 bits per heavy atom. The summed E-state index contributed by atoms with van der Waals surface area (Å²) >= 11 is 0. The van der Waals surface area contributed by atoms with Crippen molar-refractivity contribution in [2.24, 2.45) is 5.92 Å². The quantitative estimate of drug-likeness (QED) is 0.564. The number of hydrogen-bond donors (Lipinski definition) is 0. The molecule has 1 radical (unpaired) electrons. The molecule has 0 bridgehead atoms. The van der Waals surface area contributed by atoms with Crippen molar-refractivity contribution in [3.05, 3.63) is 0 Å². The molecule has 1 fully saturated rings. The molecule has 0 unspecified atom stereocenters. The molecule has 0 spiro atoms. The van der Waals surface area contributed by atoms with Crippen LogP contribution in [0.15, 0.2) is 0 Å². The summed E-state index contributed by atoms with van der Waals surface area (Å²) in [5.74, 6) is 0.683. The minimum Gasteiger partial charge on any atom is -0.211 e. The van der Waals surface area contributed by atoms with Gasteiger partial charge in [0.25, 0.3) is 0 Å². The molecule has 0 atom stereocenters. The maximum atomic E-state index is 10.7. The van der Waals surface area contributed by atoms with E-state index in [0.29, 0.717) is 5.92 Å². The first-order valence-electron chi connectivity index (χ1n) is 2.98. The van der Waals surface area contributed by atoms with Gasteiger partial charge >= 0.3 is 0 Å². The third-order valence-corrected chi connectivity index (χ3v) is 2.87. The van der Waals surface area contributed by atoms with Crippen molar-refractivity contribution in [1.29, 1.82) is 0 Å². The maximum Gasteiger partial charge on any atom is 0.227 e. The highest BCUT2D eigenvalue weighted by Gasteiger charge is 2.27. The van der Waals surface area contributed by atoms with E-state index in [9.17, 15) is 8.42 Å². The van der Waals surface area contributed by atoms with E-state index in [0.717, 1.165) is 12.8 Å². The van der Waals surface area contributed by atoms with Crippen molar-refractivity contribution in [2.45, 2.75) is 12.8 Å². The molecule has 1 aliphatic carbocycles. The topological polar surface area (TPSA) is 48.2 Å². The molecule has 1 aliphatic rings. The average Bonchev–Trinajstić information content (AvgIpc) is 2.50. The van der Waals surface area contributed by atoms with Gasteiger partial charge in [0, 0.05) is 7.05 Å². The van der Waals surface area contributed by atoms with Crippen LogP contribution in [-0.2, 0) is 10.0 Å². The predicted molar refractivity (Wildman–Crippen MR) is 34.6 cm³/mol. The molecule has 0 aromatic heterocycles. The summed E-state index contributed by atoms with van der Waals surface area (Å²) in [6.07, 6.45) is 2.13. The fourth-order valence-corrected chi connectivity index (χ4v) is 1.74. The van der Waals surface area contributed by atoms with E-state index in [4.69, 9.17) is 0 Å². The Labute approximate surface area is 55.5 Å². The van der Waals surface area contributed by atoms with Gasteiger partial charge in [0.1, 0.15) is 0 Å². The lowest BCUT2D eigenvalue weighted by atomic mass is 10.5. The van der Waals surface area contributed by atoms with Gasteiger partial charge in [0.05, 0.1) is 5.75 Å². The van der Waals surface area contributed by atoms with Crippen LogP contribution in [0.5, 0.6) is 0 Å². The van der Waals surface area contributed by atoms with Gasteiger partial charge in [-0.05, 0) is 18.8 Å². The molecule has 0 N–H and O–H groups in total. The minimum absolute atomic E-state index is 0.267. The molecule has 0 aliphatic heterocycles. The fraction of sp³-hybridized carbons (Fsp3) is 1.00. The number of sulfonamides is 1. The monoisotopic (exact) mass is 148 g/mol. The van der Waals surface area contributed by atoms with Crippen molar-refractivity contribution >= 4 is 10.0 Å². The van der Waals surface area contributed by atoms with E-state index in [2.05, 4.69) is 4.72 Å². The van der Waals surface area contributed by atoms with Gasteiger partial charge in [-0.15, -0.1) is 4.72 Å². The summed E-state index contributed by atoms with van der Waals surface area (Å²) in [6.45, 7) is 0. The highest BCUT2D eigenvalue weighted by atomic mass is 32.2. The third-order valence-electron chi connectivity index (χ3n) is 1.42. The van der Waals surface area contributed by atoms with E-state index >= 15 is 0 Å². The molecular weight excluding hydrogens is 138 g/mol. The van der Waals surface area contributed by atoms with E-state index in [1.54, 1.807) is 0 Å². The number of rotatable bonds is 3. The molecule has 4 heteroatoms. The molecule has 53 valence electrons. The normalized spacial score (nSPS) is 20.1. The molecule has 0 heterocycles. The Kier molecular flexibility index (Phi) is 1.77. The molecule has 9 heavy (non-hydrogen) atoms. The van der Waals surface area contributed by atoms with Gasteiger partial charge < -0.3 is 0 Å². The molecule has 0 amide bonds. The molecule has 1 saturated carbocycles. The predicted octanol–water partition coefficient (Wildman–Crippen LogP) is -0.0396. The van der Waals surface area contributed by atoms with Crippen molar-refractivity contribution in [3.8, 4) is 0 Å². The van der Waals surface area contributed by atoms with Crippen molar-refractivity contribution in [1.82, 2.24) is 4.72 Å². The first-order valence-corrected chi connectivity index (χ1v) is 4.59. The zero-order chi connectivity index (χ0) is 6.91. The van der Waals surface area contributed by atoms with Crippen LogP contribution in [0.4, 0.5) is 0 Å². The van der Waals surface area contributed by atoms with E-state index in [1.807, 2.05) is 0 Å². The van der Waals surface area contributed by atoms with Gasteiger partial charge in [0.2, 0.25) is 10.0 Å². The van der Waals surface area contributed by atoms with Crippen LogP contribution < -0.4 is 4.72 Å². The maximum absolute atomic E-state index is 10.7. The second-order valence-corrected chi connectivity index (χ2v) is 4.24. The van der Waals surface area contributed by atoms with E-state index in [-0.39, 0.29) is 5.75 Å². The zero-order valence-electron chi connectivity index (χ0n) is 5.37. The van der Waals surface area contributed by atoms with Crippen LogP contribution in [0.25, 0.3) is 0 Å². The van der Waals surface area contributed by atoms with Crippen LogP contribution in [0.2, 0.25) is 0 Å². The molecule has 0 aromatic rings. The Balaban J connectivity index is 2.40. The minimum atomic E-state index is -3.03. The SMILES string of the molecule is C[N]S(=O)(=O)CC1CC1. The second kappa shape index (κ2) is 2.27. The third kappa shape index (κ3) is 2.32. The van der Waals surface area contributed by atoms with Crippen molar-refractivity contribution < 1.29 is 8.42 Å². The molecule has 0 saturated heterocycles. The average molecular weight is 148 g/mol. The Hall–Kier alpha value is -0.0900. The van der Waals surface area contributed by atoms with E-state index < -0.39 is 10.0 Å². The Morgan fingerprint density at radius 3 is 2.44 bits per heavy atom. The lowest BCUT2D eigenvalue weighted by Gasteiger charge is -1.94. The molecule has 0 aromatic carbocycles. The Morgan fingerprint density at radius 1 is 1.56 bits per heavy atom. The summed E-state index contributed by atoms with van der Waals surface area (Å²) < 4.78 is 24.6. The summed E-state index contributed by atoms with van der Waals surface area (Å²) in [5, 5.41) is 0. The summed E-state index contributed by atoms with van der Waals surface area (Å²) in [5.41, 5.74) is 0. The standard InChI is InChI=1S/C5H10NO2S/c1-6-9(7,8)4-5-2-3-5/h5H,2-4H2,1H3. The Bertz CT molecular complexity index is 181. The van der Waals surface area contributed by atoms with Crippen LogP contribution in [-0.4, -0.2) is 21.2 Å². The highest BCUT2D eigenvalue weighted by molar-refractivity contribution is 7.89. The zero-order valence-corrected chi connectivity index (χ0v) is 6.19. The van der Waals surface area contributed by atoms with Crippen LogP contribution >= 0.6 is 0 Å². The molecular formula is C5H10NO2S. The van der Waals surface area contributed by atoms with Gasteiger partial charge in [-0.3, -0.25) is 0 Å². The van der Waals surface area contributed by atoms with Crippen molar-refractivity contribution in [3.63, 3.8) is 0 Å². The highest BCUT2D eigenvalue weighted by Crippen LogP contribution is 2.29. The van der Waals surface area contributed by atoms with Crippen molar-refractivity contribution in [2.75, 3.05) is 12.8 Å². The second-order valence-electron chi connectivity index (χ2n) is 2.37. The van der Waals surface area contributed by atoms with Crippen LogP contribution in [0.1, 0.15) is 12.8 Å². The number of hydrogen-bond acceptors (Lipinski definition) is 2. The van der Waals surface area contributed by atoms with Gasteiger partial charge in [0.15, 0.2) is 0 Å². The van der Waals surface area contributed by atoms with Gasteiger partial charge in [-0.2, -0.15) is 0 Å². The summed E-state index contributed by atoms with van der Waals surface area (Å²) in [4.78, 5) is 0. The van der Waals surface area contributed by atoms with Crippen LogP contribution in [0.3, 0.4) is 0 Å². The lowest BCUT2D eigenvalue weighted by molar-refractivity contribution is 0.583. The summed E-state index contributed by atoms with van der Waals surface area (Å²) in [7, 11) is -1.70. The summed E-state index contributed by atoms with van der Waals surface area (Å²) in [6, 6.07) is 0. The molecule has 1 rings (SSSR count). The smallest absolute Gasteiger partial charge is 0.211 e. The lowest BCUT2D eigenvalue weighted by Crippen LogP contribution is -2.16. The number of nitrogens with zero attached hydrogens (tertiary/aromatic N) is 1.